The number of carbonyl (C=O) groups excluding carboxylic acids is 2. The van der Waals surface area contributed by atoms with Crippen LogP contribution < -0.4 is 10.5 Å². The number of benzene rings is 2. The van der Waals surface area contributed by atoms with Gasteiger partial charge in [-0.2, -0.15) is 0 Å². The Morgan fingerprint density at radius 1 is 1.02 bits per heavy atom. The highest BCUT2D eigenvalue weighted by molar-refractivity contribution is 7.94. The summed E-state index contributed by atoms with van der Waals surface area (Å²) in [6.07, 6.45) is 4.42. The SMILES string of the molecule is Cc1cc(C)c2cccc(OCc3c(Cl)ccc(S(=O)(=O)[N-]C4(C(=O)N5CCN(C(=O)C(CCCCN)[N+](C)(C)C)CC5)CCCC4)c3Cl)c2n1. The van der Waals surface area contributed by atoms with E-state index < -0.39 is 15.6 Å². The van der Waals surface area contributed by atoms with E-state index in [1.54, 1.807) is 11.0 Å². The number of ether oxygens (including phenoxy) is 1. The molecule has 2 heterocycles. The summed E-state index contributed by atoms with van der Waals surface area (Å²) in [5.74, 6) is 0.249. The second-order valence-electron chi connectivity index (χ2n) is 14.7. The van der Waals surface area contributed by atoms with Gasteiger partial charge in [-0.15, -0.1) is 0 Å². The summed E-state index contributed by atoms with van der Waals surface area (Å²) in [5, 5.41) is 1.08. The number of fused-ring (bicyclic) bond motifs is 1. The van der Waals surface area contributed by atoms with Gasteiger partial charge in [0.15, 0.2) is 6.04 Å². The summed E-state index contributed by atoms with van der Waals surface area (Å²) in [4.78, 5) is 35.7. The molecule has 0 bridgehead atoms. The number of amides is 2. The Morgan fingerprint density at radius 2 is 1.69 bits per heavy atom. The quantitative estimate of drug-likeness (QED) is 0.167. The summed E-state index contributed by atoms with van der Waals surface area (Å²) in [7, 11) is 1.65. The maximum Gasteiger partial charge on any atom is 0.281 e. The molecule has 0 spiro atoms. The number of sulfonamides is 1. The lowest BCUT2D eigenvalue weighted by molar-refractivity contribution is -0.887. The van der Waals surface area contributed by atoms with Gasteiger partial charge in [0.1, 0.15) is 27.9 Å². The largest absolute Gasteiger partial charge is 0.531 e. The lowest BCUT2D eigenvalue weighted by Gasteiger charge is -2.47. The number of aromatic nitrogens is 1. The number of rotatable bonds is 13. The third-order valence-electron chi connectivity index (χ3n) is 10.1. The zero-order chi connectivity index (χ0) is 37.1. The van der Waals surface area contributed by atoms with Crippen LogP contribution in [0.2, 0.25) is 10.0 Å². The van der Waals surface area contributed by atoms with Gasteiger partial charge in [0.2, 0.25) is 5.91 Å². The van der Waals surface area contributed by atoms with E-state index in [1.807, 2.05) is 58.1 Å². The monoisotopic (exact) mass is 760 g/mol. The van der Waals surface area contributed by atoms with Gasteiger partial charge in [0, 0.05) is 54.3 Å². The predicted octanol–water partition coefficient (Wildman–Crippen LogP) is 5.99. The van der Waals surface area contributed by atoms with Crippen molar-refractivity contribution >= 4 is 55.9 Å². The molecule has 3 aromatic rings. The van der Waals surface area contributed by atoms with Crippen molar-refractivity contribution in [3.8, 4) is 5.75 Å². The summed E-state index contributed by atoms with van der Waals surface area (Å²) in [6, 6.07) is 10.2. The first-order valence-electron chi connectivity index (χ1n) is 17.6. The molecule has 1 saturated carbocycles. The van der Waals surface area contributed by atoms with Gasteiger partial charge in [-0.25, -0.2) is 13.4 Å². The lowest BCUT2D eigenvalue weighted by Crippen LogP contribution is -2.60. The van der Waals surface area contributed by atoms with Gasteiger partial charge in [-0.05, 0) is 68.6 Å². The molecule has 278 valence electrons. The van der Waals surface area contributed by atoms with Gasteiger partial charge < -0.3 is 29.5 Å². The van der Waals surface area contributed by atoms with Gasteiger partial charge in [0.25, 0.3) is 5.91 Å². The standard InChI is InChI=1S/C37H50Cl2N6O5S/c1-25-23-26(2)41-34-27(25)11-10-13-31(34)50-24-28-29(38)14-15-32(33(28)39)51(48,49)42-37(16-7-8-17-37)36(47)44-21-19-43(20-22-44)35(46)30(45(3,4)5)12-6-9-18-40/h10-11,13-15,23,30H,6-9,12,16-22,24,40H2,1-5H3. The summed E-state index contributed by atoms with van der Waals surface area (Å²) in [5.41, 5.74) is 7.13. The first-order chi connectivity index (χ1) is 24.1. The van der Waals surface area contributed by atoms with E-state index >= 15 is 0 Å². The van der Waals surface area contributed by atoms with Crippen LogP contribution in [0, 0.1) is 13.8 Å². The lowest BCUT2D eigenvalue weighted by atomic mass is 9.96. The molecule has 2 amide bonds. The second-order valence-corrected chi connectivity index (χ2v) is 17.1. The maximum absolute atomic E-state index is 14.2. The Morgan fingerprint density at radius 3 is 2.33 bits per heavy atom. The van der Waals surface area contributed by atoms with Crippen molar-refractivity contribution in [3.63, 3.8) is 0 Å². The first kappa shape index (κ1) is 39.2. The number of pyridine rings is 1. The minimum absolute atomic E-state index is 0.0635. The predicted molar refractivity (Wildman–Crippen MR) is 202 cm³/mol. The number of aryl methyl sites for hydroxylation is 2. The van der Waals surface area contributed by atoms with Crippen molar-refractivity contribution in [1.29, 1.82) is 0 Å². The number of carbonyl (C=O) groups is 2. The number of quaternary nitrogens is 1. The molecule has 11 nitrogen and oxygen atoms in total. The van der Waals surface area contributed by atoms with Crippen LogP contribution in [0.1, 0.15) is 61.8 Å². The van der Waals surface area contributed by atoms with E-state index in [-0.39, 0.29) is 39.4 Å². The molecule has 5 rings (SSSR count). The molecule has 1 aromatic heterocycles. The molecular formula is C37H50Cl2N6O5S. The van der Waals surface area contributed by atoms with Gasteiger partial charge >= 0.3 is 0 Å². The molecule has 51 heavy (non-hydrogen) atoms. The van der Waals surface area contributed by atoms with E-state index in [4.69, 9.17) is 33.7 Å². The molecule has 1 atom stereocenters. The van der Waals surface area contributed by atoms with Crippen LogP contribution in [0.5, 0.6) is 5.75 Å². The zero-order valence-electron chi connectivity index (χ0n) is 30.3. The number of para-hydroxylation sites is 1. The number of halogens is 2. The smallest absolute Gasteiger partial charge is 0.281 e. The Labute approximate surface area is 312 Å². The molecule has 1 aliphatic carbocycles. The minimum atomic E-state index is -4.40. The van der Waals surface area contributed by atoms with Crippen LogP contribution >= 0.6 is 23.2 Å². The molecule has 2 aromatic carbocycles. The number of unbranched alkanes of at least 4 members (excludes halogenated alkanes) is 1. The van der Waals surface area contributed by atoms with Gasteiger partial charge in [-0.1, -0.05) is 61.0 Å². The number of hydrogen-bond acceptors (Lipinski definition) is 7. The van der Waals surface area contributed by atoms with Gasteiger partial charge in [-0.3, -0.25) is 9.59 Å². The van der Waals surface area contributed by atoms with E-state index in [0.29, 0.717) is 79.7 Å². The van der Waals surface area contributed by atoms with Crippen molar-refractivity contribution in [2.45, 2.75) is 81.9 Å². The van der Waals surface area contributed by atoms with Crippen molar-refractivity contribution in [2.24, 2.45) is 5.73 Å². The van der Waals surface area contributed by atoms with E-state index in [9.17, 15) is 18.0 Å². The zero-order valence-corrected chi connectivity index (χ0v) is 32.6. The fourth-order valence-corrected chi connectivity index (χ4v) is 9.45. The van der Waals surface area contributed by atoms with Crippen LogP contribution in [0.3, 0.4) is 0 Å². The molecule has 1 unspecified atom stereocenters. The number of piperazine rings is 1. The van der Waals surface area contributed by atoms with E-state index in [0.717, 1.165) is 35.9 Å². The highest BCUT2D eigenvalue weighted by Gasteiger charge is 2.41. The van der Waals surface area contributed by atoms with Crippen LogP contribution in [-0.2, 0) is 26.2 Å². The fraction of sp³-hybridized carbons (Fsp3) is 0.541. The summed E-state index contributed by atoms with van der Waals surface area (Å²) < 4.78 is 39.1. The normalized spacial score (nSPS) is 17.2. The second kappa shape index (κ2) is 15.9. The fourth-order valence-electron chi connectivity index (χ4n) is 7.27. The number of hydrogen-bond donors (Lipinski definition) is 1. The molecule has 2 aliphatic rings. The summed E-state index contributed by atoms with van der Waals surface area (Å²) in [6.45, 7) is 5.75. The van der Waals surface area contributed by atoms with Gasteiger partial charge in [0.05, 0.1) is 31.1 Å². The summed E-state index contributed by atoms with van der Waals surface area (Å²) >= 11 is 13.3. The van der Waals surface area contributed by atoms with Crippen molar-refractivity contribution < 1.29 is 27.2 Å². The Hall–Kier alpha value is -3.00. The molecule has 2 N–H and O–H groups in total. The molecule has 1 saturated heterocycles. The Balaban J connectivity index is 1.31. The first-order valence-corrected chi connectivity index (χ1v) is 19.8. The number of nitrogens with zero attached hydrogens (tertiary/aromatic N) is 5. The molecule has 14 heteroatoms. The topological polar surface area (TPSA) is 137 Å². The third-order valence-corrected chi connectivity index (χ3v) is 12.5. The average molecular weight is 762 g/mol. The van der Waals surface area contributed by atoms with Crippen molar-refractivity contribution in [3.05, 3.63) is 68.0 Å². The van der Waals surface area contributed by atoms with Crippen molar-refractivity contribution in [2.75, 3.05) is 53.9 Å². The molecule has 2 fully saturated rings. The minimum Gasteiger partial charge on any atom is -0.531 e. The molecule has 1 aliphatic heterocycles. The molecular weight excluding hydrogens is 711 g/mol. The maximum atomic E-state index is 14.2. The third kappa shape index (κ3) is 8.63. The van der Waals surface area contributed by atoms with Crippen LogP contribution in [-0.4, -0.2) is 105 Å². The van der Waals surface area contributed by atoms with E-state index in [2.05, 4.69) is 9.71 Å². The number of likely N-dealkylation sites (N-methyl/N-ethyl adjacent to an activating group) is 1. The number of nitrogens with two attached hydrogens (primary N) is 1. The van der Waals surface area contributed by atoms with Crippen molar-refractivity contribution in [1.82, 2.24) is 14.8 Å². The van der Waals surface area contributed by atoms with Crippen LogP contribution in [0.4, 0.5) is 0 Å². The van der Waals surface area contributed by atoms with Crippen LogP contribution in [0.15, 0.2) is 41.3 Å². The highest BCUT2D eigenvalue weighted by Crippen LogP contribution is 2.44. The molecule has 0 radical (unpaired) electrons. The van der Waals surface area contributed by atoms with E-state index in [1.165, 1.54) is 12.1 Å². The highest BCUT2D eigenvalue weighted by atomic mass is 35.5. The Kier molecular flexibility index (Phi) is 12.3. The Bertz CT molecular complexity index is 1870. The van der Waals surface area contributed by atoms with Crippen LogP contribution in [0.25, 0.3) is 15.6 Å². The average Bonchev–Trinajstić information content (AvgIpc) is 3.54.